The molecule has 0 N–H and O–H groups in total. The lowest BCUT2D eigenvalue weighted by Gasteiger charge is -2.15. The van der Waals surface area contributed by atoms with Crippen LogP contribution in [-0.4, -0.2) is 16.2 Å². The van der Waals surface area contributed by atoms with E-state index in [4.69, 9.17) is 27.9 Å². The first-order chi connectivity index (χ1) is 14.9. The summed E-state index contributed by atoms with van der Waals surface area (Å²) >= 11 is 12.2. The molecule has 0 bridgehead atoms. The molecule has 0 saturated heterocycles. The van der Waals surface area contributed by atoms with Crippen LogP contribution in [0.2, 0.25) is 10.0 Å². The van der Waals surface area contributed by atoms with Crippen LogP contribution in [0.5, 0.6) is 5.75 Å². The molecule has 31 heavy (non-hydrogen) atoms. The number of para-hydroxylation sites is 1. The van der Waals surface area contributed by atoms with Crippen molar-refractivity contribution in [2.45, 2.75) is 13.1 Å². The van der Waals surface area contributed by atoms with Gasteiger partial charge in [-0.3, -0.25) is 13.9 Å². The summed E-state index contributed by atoms with van der Waals surface area (Å²) in [5.41, 5.74) is 0.657. The van der Waals surface area contributed by atoms with Gasteiger partial charge in [-0.25, -0.2) is 9.18 Å². The Morgan fingerprint density at radius 2 is 1.71 bits per heavy atom. The van der Waals surface area contributed by atoms with Crippen LogP contribution in [0, 0.1) is 5.82 Å². The molecule has 0 saturated carbocycles. The molecular weight excluding hydrogens is 442 g/mol. The lowest BCUT2D eigenvalue weighted by Crippen LogP contribution is -2.40. The third kappa shape index (κ3) is 4.09. The molecule has 0 amide bonds. The van der Waals surface area contributed by atoms with Gasteiger partial charge >= 0.3 is 5.69 Å². The summed E-state index contributed by atoms with van der Waals surface area (Å²) in [5, 5.41) is 1.19. The van der Waals surface area contributed by atoms with Gasteiger partial charge in [0.25, 0.3) is 5.56 Å². The molecule has 0 aliphatic carbocycles. The zero-order valence-electron chi connectivity index (χ0n) is 16.4. The van der Waals surface area contributed by atoms with Crippen LogP contribution in [-0.2, 0) is 13.1 Å². The molecule has 1 aromatic heterocycles. The summed E-state index contributed by atoms with van der Waals surface area (Å²) < 4.78 is 21.7. The summed E-state index contributed by atoms with van der Waals surface area (Å²) in [7, 11) is 1.38. The van der Waals surface area contributed by atoms with E-state index in [2.05, 4.69) is 0 Å². The van der Waals surface area contributed by atoms with Crippen LogP contribution in [0.15, 0.2) is 70.3 Å². The van der Waals surface area contributed by atoms with Crippen LogP contribution in [0.4, 0.5) is 4.39 Å². The van der Waals surface area contributed by atoms with Gasteiger partial charge in [0.15, 0.2) is 11.6 Å². The molecule has 1 heterocycles. The van der Waals surface area contributed by atoms with E-state index in [-0.39, 0.29) is 18.8 Å². The van der Waals surface area contributed by atoms with Crippen molar-refractivity contribution in [3.8, 4) is 5.75 Å². The average molecular weight is 459 g/mol. The second-order valence-electron chi connectivity index (χ2n) is 6.98. The number of aromatic nitrogens is 2. The number of fused-ring (bicyclic) bond motifs is 1. The second kappa shape index (κ2) is 8.57. The Labute approximate surface area is 186 Å². The van der Waals surface area contributed by atoms with E-state index in [0.29, 0.717) is 32.1 Å². The van der Waals surface area contributed by atoms with E-state index in [1.165, 1.54) is 23.8 Å². The Kier molecular flexibility index (Phi) is 5.85. The molecule has 3 aromatic carbocycles. The molecule has 158 valence electrons. The van der Waals surface area contributed by atoms with E-state index >= 15 is 0 Å². The quantitative estimate of drug-likeness (QED) is 0.434. The molecule has 0 fully saturated rings. The smallest absolute Gasteiger partial charge is 0.332 e. The third-order valence-corrected chi connectivity index (χ3v) is 5.62. The molecule has 0 radical (unpaired) electrons. The van der Waals surface area contributed by atoms with Crippen LogP contribution in [0.25, 0.3) is 10.9 Å². The van der Waals surface area contributed by atoms with Gasteiger partial charge in [0.05, 0.1) is 31.1 Å². The predicted molar refractivity (Wildman–Crippen MR) is 120 cm³/mol. The SMILES string of the molecule is COc1ccc(Cn2c(=O)n(Cc3ccc(Cl)cc3Cl)c(=O)c3ccccc32)cc1F. The van der Waals surface area contributed by atoms with E-state index in [1.54, 1.807) is 48.5 Å². The third-order valence-electron chi connectivity index (χ3n) is 5.03. The van der Waals surface area contributed by atoms with Gasteiger partial charge in [0.1, 0.15) is 0 Å². The summed E-state index contributed by atoms with van der Waals surface area (Å²) in [4.78, 5) is 26.4. The summed E-state index contributed by atoms with van der Waals surface area (Å²) in [6, 6.07) is 16.2. The second-order valence-corrected chi connectivity index (χ2v) is 7.83. The fourth-order valence-electron chi connectivity index (χ4n) is 3.47. The first-order valence-corrected chi connectivity index (χ1v) is 10.1. The van der Waals surface area contributed by atoms with E-state index in [9.17, 15) is 14.0 Å². The standard InChI is InChI=1S/C23H17Cl2FN2O3/c1-31-21-9-6-14(10-19(21)26)12-27-20-5-3-2-4-17(20)22(29)28(23(27)30)13-15-7-8-16(24)11-18(15)25/h2-11H,12-13H2,1H3. The van der Waals surface area contributed by atoms with Gasteiger partial charge in [-0.15, -0.1) is 0 Å². The molecule has 0 spiro atoms. The highest BCUT2D eigenvalue weighted by Crippen LogP contribution is 2.22. The Balaban J connectivity index is 1.88. The van der Waals surface area contributed by atoms with Crippen molar-refractivity contribution >= 4 is 34.1 Å². The van der Waals surface area contributed by atoms with Gasteiger partial charge in [-0.2, -0.15) is 0 Å². The summed E-state index contributed by atoms with van der Waals surface area (Å²) in [5.74, 6) is -0.415. The molecule has 4 aromatic rings. The summed E-state index contributed by atoms with van der Waals surface area (Å²) in [6.45, 7) is 0.0599. The number of nitrogens with zero attached hydrogens (tertiary/aromatic N) is 2. The number of methoxy groups -OCH3 is 1. The molecule has 0 aliphatic heterocycles. The molecule has 0 aliphatic rings. The van der Waals surface area contributed by atoms with Crippen molar-refractivity contribution in [1.82, 2.24) is 9.13 Å². The number of benzene rings is 3. The first-order valence-electron chi connectivity index (χ1n) is 9.37. The highest BCUT2D eigenvalue weighted by Gasteiger charge is 2.15. The van der Waals surface area contributed by atoms with Crippen LogP contribution >= 0.6 is 23.2 Å². The highest BCUT2D eigenvalue weighted by atomic mass is 35.5. The van der Waals surface area contributed by atoms with Crippen LogP contribution in [0.3, 0.4) is 0 Å². The Morgan fingerprint density at radius 3 is 2.42 bits per heavy atom. The molecule has 8 heteroatoms. The highest BCUT2D eigenvalue weighted by molar-refractivity contribution is 6.35. The van der Waals surface area contributed by atoms with Crippen molar-refractivity contribution in [2.75, 3.05) is 7.11 Å². The molecule has 5 nitrogen and oxygen atoms in total. The molecular formula is C23H17Cl2FN2O3. The minimum atomic E-state index is -0.529. The maximum atomic E-state index is 14.2. The lowest BCUT2D eigenvalue weighted by atomic mass is 10.1. The largest absolute Gasteiger partial charge is 0.494 e. The minimum absolute atomic E-state index is 0.0184. The number of ether oxygens (including phenoxy) is 1. The number of hydrogen-bond acceptors (Lipinski definition) is 3. The van der Waals surface area contributed by atoms with Gasteiger partial charge in [0, 0.05) is 10.0 Å². The molecule has 0 atom stereocenters. The first kappa shape index (κ1) is 21.2. The van der Waals surface area contributed by atoms with Gasteiger partial charge in [-0.05, 0) is 47.5 Å². The number of hydrogen-bond donors (Lipinski definition) is 0. The van der Waals surface area contributed by atoms with Crippen LogP contribution < -0.4 is 16.0 Å². The van der Waals surface area contributed by atoms with Crippen molar-refractivity contribution in [1.29, 1.82) is 0 Å². The average Bonchev–Trinajstić information content (AvgIpc) is 2.75. The lowest BCUT2D eigenvalue weighted by molar-refractivity contribution is 0.386. The topological polar surface area (TPSA) is 53.2 Å². The summed E-state index contributed by atoms with van der Waals surface area (Å²) in [6.07, 6.45) is 0. The monoisotopic (exact) mass is 458 g/mol. The normalized spacial score (nSPS) is 11.1. The van der Waals surface area contributed by atoms with Crippen molar-refractivity contribution in [3.05, 3.63) is 108 Å². The number of rotatable bonds is 5. The van der Waals surface area contributed by atoms with E-state index in [1.807, 2.05) is 0 Å². The van der Waals surface area contributed by atoms with Crippen molar-refractivity contribution < 1.29 is 9.13 Å². The molecule has 0 unspecified atom stereocenters. The minimum Gasteiger partial charge on any atom is -0.494 e. The molecule has 4 rings (SSSR count). The van der Waals surface area contributed by atoms with E-state index < -0.39 is 17.1 Å². The fourth-order valence-corrected chi connectivity index (χ4v) is 3.94. The van der Waals surface area contributed by atoms with Gasteiger partial charge < -0.3 is 4.74 Å². The van der Waals surface area contributed by atoms with Crippen molar-refractivity contribution in [2.24, 2.45) is 0 Å². The predicted octanol–water partition coefficient (Wildman–Crippen LogP) is 4.71. The Bertz CT molecular complexity index is 1410. The van der Waals surface area contributed by atoms with Gasteiger partial charge in [-0.1, -0.05) is 47.5 Å². The van der Waals surface area contributed by atoms with Gasteiger partial charge in [0.2, 0.25) is 0 Å². The fraction of sp³-hybridized carbons (Fsp3) is 0.130. The Morgan fingerprint density at radius 1 is 0.935 bits per heavy atom. The number of halogens is 3. The zero-order valence-corrected chi connectivity index (χ0v) is 18.0. The van der Waals surface area contributed by atoms with Crippen LogP contribution in [0.1, 0.15) is 11.1 Å². The van der Waals surface area contributed by atoms with E-state index in [0.717, 1.165) is 4.57 Å². The Hall–Kier alpha value is -3.09. The zero-order chi connectivity index (χ0) is 22.1. The maximum absolute atomic E-state index is 14.2. The van der Waals surface area contributed by atoms with Crippen molar-refractivity contribution in [3.63, 3.8) is 0 Å². The maximum Gasteiger partial charge on any atom is 0.332 e.